The summed E-state index contributed by atoms with van der Waals surface area (Å²) in [6.07, 6.45) is 13.0. The summed E-state index contributed by atoms with van der Waals surface area (Å²) in [6, 6.07) is 0.239. The van der Waals surface area contributed by atoms with Gasteiger partial charge in [-0.05, 0) is 49.9 Å². The molecule has 2 atom stereocenters. The Morgan fingerprint density at radius 3 is 2.48 bits per heavy atom. The second-order valence-electron chi connectivity index (χ2n) is 9.99. The molecule has 33 heavy (non-hydrogen) atoms. The van der Waals surface area contributed by atoms with Gasteiger partial charge in [-0.1, -0.05) is 58.1 Å². The van der Waals surface area contributed by atoms with Crippen molar-refractivity contribution in [3.8, 4) is 0 Å². The zero-order chi connectivity index (χ0) is 23.4. The summed E-state index contributed by atoms with van der Waals surface area (Å²) in [5, 5.41) is -0.467. The van der Waals surface area contributed by atoms with Crippen LogP contribution in [0.2, 0.25) is 0 Å². The fourth-order valence-electron chi connectivity index (χ4n) is 5.83. The molecule has 1 saturated carbocycles. The van der Waals surface area contributed by atoms with Gasteiger partial charge in [0.1, 0.15) is 11.4 Å². The minimum atomic E-state index is -3.45. The molecule has 3 fully saturated rings. The third-order valence-corrected chi connectivity index (χ3v) is 10.1. The molecule has 4 rings (SSSR count). The third kappa shape index (κ3) is 5.65. The van der Waals surface area contributed by atoms with Gasteiger partial charge < -0.3 is 9.64 Å². The molecule has 0 N–H and O–H groups in total. The van der Waals surface area contributed by atoms with Crippen molar-refractivity contribution in [3.05, 3.63) is 23.3 Å². The average Bonchev–Trinajstić information content (AvgIpc) is 3.13. The van der Waals surface area contributed by atoms with Crippen LogP contribution in [0.15, 0.2) is 23.3 Å². The number of ether oxygens (including phenoxy) is 1. The monoisotopic (exact) mass is 479 g/mol. The summed E-state index contributed by atoms with van der Waals surface area (Å²) >= 11 is 0. The first kappa shape index (κ1) is 24.7. The number of carbonyl (C=O) groups excluding carboxylic acids is 1. The summed E-state index contributed by atoms with van der Waals surface area (Å²) in [6.45, 7) is 8.42. The smallest absolute Gasteiger partial charge is 0.410 e. The zero-order valence-electron chi connectivity index (χ0n) is 20.4. The Morgan fingerprint density at radius 2 is 1.79 bits per heavy atom. The summed E-state index contributed by atoms with van der Waals surface area (Å²) in [5.74, 6) is 0. The van der Waals surface area contributed by atoms with E-state index in [1.54, 1.807) is 4.31 Å². The van der Waals surface area contributed by atoms with Gasteiger partial charge in [0, 0.05) is 19.1 Å². The van der Waals surface area contributed by atoms with Crippen LogP contribution in [0.1, 0.15) is 71.6 Å². The number of cyclic esters (lactones) is 1. The number of carbonyl (C=O) groups is 1. The first-order chi connectivity index (χ1) is 15.9. The topological polar surface area (TPSA) is 70.2 Å². The largest absolute Gasteiger partial charge is 0.443 e. The highest BCUT2D eigenvalue weighted by Crippen LogP contribution is 2.34. The zero-order valence-corrected chi connectivity index (χ0v) is 21.2. The second kappa shape index (κ2) is 10.9. The van der Waals surface area contributed by atoms with Crippen molar-refractivity contribution in [1.29, 1.82) is 0 Å². The standard InChI is InChI=1S/C25H41N3O4S/c1-3-26(4-2)17-20-12-13-24-21(16-20)14-15-27(33(24,30)31)18-23-19-28(25(29)32-23)22-10-8-6-5-7-9-11-22/h12,16,22-24H,3-11,13-15,17-19H2,1-2H3/t23-,24?/m1/s1. The van der Waals surface area contributed by atoms with Gasteiger partial charge >= 0.3 is 6.09 Å². The van der Waals surface area contributed by atoms with Crippen LogP contribution in [0.4, 0.5) is 4.79 Å². The fourth-order valence-corrected chi connectivity index (χ4v) is 7.81. The maximum absolute atomic E-state index is 13.4. The van der Waals surface area contributed by atoms with Crippen LogP contribution < -0.4 is 0 Å². The highest BCUT2D eigenvalue weighted by atomic mass is 32.2. The molecule has 1 amide bonds. The van der Waals surface area contributed by atoms with E-state index in [9.17, 15) is 13.2 Å². The molecule has 8 heteroatoms. The minimum absolute atomic E-state index is 0.239. The van der Waals surface area contributed by atoms with Crippen LogP contribution in [-0.2, 0) is 14.8 Å². The number of likely N-dealkylation sites (N-methyl/N-ethyl adjacent to an activating group) is 1. The molecule has 186 valence electrons. The Morgan fingerprint density at radius 1 is 1.09 bits per heavy atom. The predicted octanol–water partition coefficient (Wildman–Crippen LogP) is 3.92. The van der Waals surface area contributed by atoms with Gasteiger partial charge in [-0.2, -0.15) is 4.31 Å². The Kier molecular flexibility index (Phi) is 8.18. The lowest BCUT2D eigenvalue weighted by molar-refractivity contribution is 0.117. The molecular weight excluding hydrogens is 438 g/mol. The van der Waals surface area contributed by atoms with Crippen molar-refractivity contribution in [2.24, 2.45) is 0 Å². The van der Waals surface area contributed by atoms with Gasteiger partial charge in [-0.3, -0.25) is 4.90 Å². The Balaban J connectivity index is 1.36. The molecule has 0 bridgehead atoms. The molecule has 1 unspecified atom stereocenters. The Labute approximate surface area is 199 Å². The van der Waals surface area contributed by atoms with Gasteiger partial charge in [0.25, 0.3) is 0 Å². The number of hydrogen-bond donors (Lipinski definition) is 0. The first-order valence-electron chi connectivity index (χ1n) is 13.0. The molecule has 7 nitrogen and oxygen atoms in total. The molecule has 0 aromatic heterocycles. The van der Waals surface area contributed by atoms with E-state index in [2.05, 4.69) is 30.9 Å². The number of sulfonamides is 1. The molecule has 0 spiro atoms. The third-order valence-electron chi connectivity index (χ3n) is 7.87. The SMILES string of the molecule is CCN(CC)CC1=CCC2C(=C1)CCN(C[C@@H]1CN(C3CCCCCCC3)C(=O)O1)S2(=O)=O. The summed E-state index contributed by atoms with van der Waals surface area (Å²) in [4.78, 5) is 16.8. The van der Waals surface area contributed by atoms with E-state index in [-0.39, 0.29) is 24.8 Å². The number of hydrogen-bond acceptors (Lipinski definition) is 5. The van der Waals surface area contributed by atoms with Crippen molar-refractivity contribution in [2.45, 2.75) is 89.0 Å². The van der Waals surface area contributed by atoms with Gasteiger partial charge in [-0.15, -0.1) is 0 Å². The molecule has 2 aliphatic heterocycles. The van der Waals surface area contributed by atoms with E-state index in [1.807, 2.05) is 4.90 Å². The molecule has 2 aliphatic carbocycles. The number of nitrogens with zero attached hydrogens (tertiary/aromatic N) is 3. The van der Waals surface area contributed by atoms with Gasteiger partial charge in [0.2, 0.25) is 10.0 Å². The second-order valence-corrected chi connectivity index (χ2v) is 12.1. The van der Waals surface area contributed by atoms with E-state index in [1.165, 1.54) is 24.8 Å². The van der Waals surface area contributed by atoms with Crippen molar-refractivity contribution in [2.75, 3.05) is 39.3 Å². The molecule has 4 aliphatic rings. The minimum Gasteiger partial charge on any atom is -0.443 e. The maximum atomic E-state index is 13.4. The highest BCUT2D eigenvalue weighted by molar-refractivity contribution is 7.90. The van der Waals surface area contributed by atoms with Crippen molar-refractivity contribution >= 4 is 16.1 Å². The number of allylic oxidation sites excluding steroid dienone is 1. The predicted molar refractivity (Wildman–Crippen MR) is 131 cm³/mol. The van der Waals surface area contributed by atoms with Gasteiger partial charge in [0.05, 0.1) is 13.1 Å². The highest BCUT2D eigenvalue weighted by Gasteiger charge is 2.43. The van der Waals surface area contributed by atoms with E-state index >= 15 is 0 Å². The number of fused-ring (bicyclic) bond motifs is 1. The molecule has 0 radical (unpaired) electrons. The van der Waals surface area contributed by atoms with Crippen LogP contribution >= 0.6 is 0 Å². The lowest BCUT2D eigenvalue weighted by atomic mass is 9.95. The first-order valence-corrected chi connectivity index (χ1v) is 14.5. The molecular formula is C25H41N3O4S. The van der Waals surface area contributed by atoms with E-state index in [4.69, 9.17) is 4.74 Å². The van der Waals surface area contributed by atoms with Crippen LogP contribution in [0, 0.1) is 0 Å². The lowest BCUT2D eigenvalue weighted by Gasteiger charge is -2.36. The molecule has 2 saturated heterocycles. The molecule has 2 heterocycles. The Hall–Kier alpha value is -1.38. The van der Waals surface area contributed by atoms with Crippen molar-refractivity contribution in [1.82, 2.24) is 14.1 Å². The van der Waals surface area contributed by atoms with E-state index < -0.39 is 15.3 Å². The van der Waals surface area contributed by atoms with Gasteiger partial charge in [0.15, 0.2) is 0 Å². The van der Waals surface area contributed by atoms with E-state index in [0.717, 1.165) is 57.3 Å². The Bertz CT molecular complexity index is 857. The average molecular weight is 480 g/mol. The van der Waals surface area contributed by atoms with Crippen LogP contribution in [-0.4, -0.2) is 85.3 Å². The number of amides is 1. The van der Waals surface area contributed by atoms with Crippen molar-refractivity contribution < 1.29 is 17.9 Å². The van der Waals surface area contributed by atoms with Crippen LogP contribution in [0.5, 0.6) is 0 Å². The number of rotatable bonds is 7. The summed E-state index contributed by atoms with van der Waals surface area (Å²) in [7, 11) is -3.45. The molecule has 0 aromatic rings. The summed E-state index contributed by atoms with van der Waals surface area (Å²) < 4.78 is 34.1. The maximum Gasteiger partial charge on any atom is 0.410 e. The van der Waals surface area contributed by atoms with Crippen LogP contribution in [0.25, 0.3) is 0 Å². The lowest BCUT2D eigenvalue weighted by Crippen LogP contribution is -2.49. The molecule has 0 aromatic carbocycles. The van der Waals surface area contributed by atoms with Crippen LogP contribution in [0.3, 0.4) is 0 Å². The van der Waals surface area contributed by atoms with E-state index in [0.29, 0.717) is 19.5 Å². The summed E-state index contributed by atoms with van der Waals surface area (Å²) in [5.41, 5.74) is 2.27. The normalized spacial score (nSPS) is 29.2. The fraction of sp³-hybridized carbons (Fsp3) is 0.800. The van der Waals surface area contributed by atoms with Gasteiger partial charge in [-0.25, -0.2) is 13.2 Å². The van der Waals surface area contributed by atoms with Crippen molar-refractivity contribution in [3.63, 3.8) is 0 Å². The quantitative estimate of drug-likeness (QED) is 0.553.